The summed E-state index contributed by atoms with van der Waals surface area (Å²) in [5.74, 6) is 0. The molecule has 1 rings (SSSR count). The molecule has 0 aliphatic rings. The van der Waals surface area contributed by atoms with Gasteiger partial charge in [0.15, 0.2) is 5.16 Å². The zero-order chi connectivity index (χ0) is 13.7. The van der Waals surface area contributed by atoms with E-state index in [1.807, 2.05) is 0 Å². The van der Waals surface area contributed by atoms with Crippen molar-refractivity contribution in [1.29, 1.82) is 0 Å². The van der Waals surface area contributed by atoms with E-state index in [0.717, 1.165) is 13.0 Å². The Morgan fingerprint density at radius 3 is 2.72 bits per heavy atom. The molecule has 0 bridgehead atoms. The second-order valence-corrected chi connectivity index (χ2v) is 5.73. The van der Waals surface area contributed by atoms with Crippen LogP contribution in [0.4, 0.5) is 0 Å². The van der Waals surface area contributed by atoms with Crippen LogP contribution in [-0.2, 0) is 7.05 Å². The molecule has 0 fully saturated rings. The summed E-state index contributed by atoms with van der Waals surface area (Å²) >= 11 is 1.49. The lowest BCUT2D eigenvalue weighted by Crippen LogP contribution is -2.34. The highest BCUT2D eigenvalue weighted by atomic mass is 32.2. The Morgan fingerprint density at radius 1 is 1.44 bits per heavy atom. The molecule has 1 heterocycles. The Hall–Kier alpha value is -1.08. The van der Waals surface area contributed by atoms with Gasteiger partial charge in [-0.05, 0) is 19.9 Å². The summed E-state index contributed by atoms with van der Waals surface area (Å²) in [6.07, 6.45) is 0.966. The van der Waals surface area contributed by atoms with E-state index in [0.29, 0.717) is 16.4 Å². The number of aryl methyl sites for hydroxylation is 1. The van der Waals surface area contributed by atoms with Gasteiger partial charge in [-0.3, -0.25) is 19.4 Å². The first-order chi connectivity index (χ1) is 8.43. The van der Waals surface area contributed by atoms with E-state index in [1.165, 1.54) is 16.4 Å². The van der Waals surface area contributed by atoms with Crippen LogP contribution in [-0.4, -0.2) is 32.6 Å². The van der Waals surface area contributed by atoms with Crippen molar-refractivity contribution in [3.05, 3.63) is 20.7 Å². The minimum atomic E-state index is -0.734. The van der Waals surface area contributed by atoms with Crippen molar-refractivity contribution in [2.24, 2.45) is 7.05 Å². The zero-order valence-corrected chi connectivity index (χ0v) is 12.0. The second-order valence-electron chi connectivity index (χ2n) is 4.32. The topological polar surface area (TPSA) is 79.8 Å². The number of hydrogen-bond donors (Lipinski definition) is 2. The molecular weight excluding hydrogens is 252 g/mol. The second kappa shape index (κ2) is 6.75. The Labute approximate surface area is 110 Å². The first-order valence-corrected chi connectivity index (χ1v) is 6.89. The number of aromatic nitrogens is 3. The molecule has 1 aromatic heterocycles. The molecule has 0 saturated heterocycles. The van der Waals surface area contributed by atoms with E-state index in [-0.39, 0.29) is 0 Å². The molecule has 0 spiro atoms. The normalized spacial score (nSPS) is 14.4. The molecule has 0 saturated carbocycles. The van der Waals surface area contributed by atoms with Crippen LogP contribution in [0.15, 0.2) is 14.7 Å². The Bertz CT molecular complexity index is 497. The van der Waals surface area contributed by atoms with Gasteiger partial charge in [-0.2, -0.15) is 4.98 Å². The molecule has 0 aliphatic carbocycles. The van der Waals surface area contributed by atoms with Gasteiger partial charge < -0.3 is 5.32 Å². The minimum Gasteiger partial charge on any atom is -0.314 e. The van der Waals surface area contributed by atoms with E-state index in [2.05, 4.69) is 36.2 Å². The van der Waals surface area contributed by atoms with Crippen LogP contribution in [0.1, 0.15) is 27.2 Å². The molecule has 0 amide bonds. The van der Waals surface area contributed by atoms with Crippen LogP contribution in [0, 0.1) is 0 Å². The quantitative estimate of drug-likeness (QED) is 0.576. The zero-order valence-electron chi connectivity index (χ0n) is 11.2. The van der Waals surface area contributed by atoms with Gasteiger partial charge in [0.25, 0.3) is 0 Å². The van der Waals surface area contributed by atoms with Crippen LogP contribution in [0.3, 0.4) is 0 Å². The number of H-pyrrole nitrogens is 1. The molecular formula is C11H20N4O2S. The molecule has 0 radical (unpaired) electrons. The van der Waals surface area contributed by atoms with E-state index in [1.54, 1.807) is 7.05 Å². The maximum Gasteiger partial charge on any atom is 0.339 e. The summed E-state index contributed by atoms with van der Waals surface area (Å²) in [5.41, 5.74) is -1.42. The number of hydrogen-bond acceptors (Lipinski definition) is 5. The summed E-state index contributed by atoms with van der Waals surface area (Å²) in [4.78, 5) is 26.0. The third-order valence-corrected chi connectivity index (χ3v) is 3.66. The standard InChI is InChI=1S/C11H20N4O2S/c1-5-12-7(2)6-8(3)18-11-13-9(16)10(17)14-15(11)4/h7-8,12H,5-6H2,1-4H3,(H,14,17). The van der Waals surface area contributed by atoms with Gasteiger partial charge in [-0.25, -0.2) is 0 Å². The molecule has 1 aromatic rings. The lowest BCUT2D eigenvalue weighted by atomic mass is 10.2. The van der Waals surface area contributed by atoms with Crippen molar-refractivity contribution < 1.29 is 0 Å². The smallest absolute Gasteiger partial charge is 0.314 e. The maximum atomic E-state index is 11.2. The van der Waals surface area contributed by atoms with Gasteiger partial charge in [0.1, 0.15) is 0 Å². The third-order valence-electron chi connectivity index (χ3n) is 2.49. The Morgan fingerprint density at radius 2 is 2.11 bits per heavy atom. The lowest BCUT2D eigenvalue weighted by molar-refractivity contribution is 0.527. The molecule has 6 nitrogen and oxygen atoms in total. The summed E-state index contributed by atoms with van der Waals surface area (Å²) in [6.45, 7) is 7.21. The highest BCUT2D eigenvalue weighted by Crippen LogP contribution is 2.22. The van der Waals surface area contributed by atoms with Gasteiger partial charge in [-0.15, -0.1) is 0 Å². The van der Waals surface area contributed by atoms with Gasteiger partial charge in [-0.1, -0.05) is 25.6 Å². The van der Waals surface area contributed by atoms with E-state index < -0.39 is 11.1 Å². The van der Waals surface area contributed by atoms with Crippen LogP contribution in [0.2, 0.25) is 0 Å². The first-order valence-electron chi connectivity index (χ1n) is 6.01. The van der Waals surface area contributed by atoms with Crippen LogP contribution >= 0.6 is 11.8 Å². The Balaban J connectivity index is 2.70. The molecule has 2 N–H and O–H groups in total. The summed E-state index contributed by atoms with van der Waals surface area (Å²) in [7, 11) is 1.68. The number of rotatable bonds is 6. The summed E-state index contributed by atoms with van der Waals surface area (Å²) in [6, 6.07) is 0.414. The van der Waals surface area contributed by atoms with Gasteiger partial charge in [0, 0.05) is 18.3 Å². The number of thioether (sulfide) groups is 1. The summed E-state index contributed by atoms with van der Waals surface area (Å²) in [5, 5.41) is 6.62. The molecule has 7 heteroatoms. The molecule has 2 atom stereocenters. The monoisotopic (exact) mass is 272 g/mol. The minimum absolute atomic E-state index is 0.308. The van der Waals surface area contributed by atoms with Crippen LogP contribution in [0.25, 0.3) is 0 Å². The first kappa shape index (κ1) is 15.0. The molecule has 18 heavy (non-hydrogen) atoms. The molecule has 2 unspecified atom stereocenters. The maximum absolute atomic E-state index is 11.2. The fourth-order valence-corrected chi connectivity index (χ4v) is 2.81. The van der Waals surface area contributed by atoms with Gasteiger partial charge in [0.2, 0.25) is 0 Å². The van der Waals surface area contributed by atoms with Gasteiger partial charge in [0.05, 0.1) is 0 Å². The fourth-order valence-electron chi connectivity index (χ4n) is 1.72. The number of nitrogens with one attached hydrogen (secondary N) is 2. The fraction of sp³-hybridized carbons (Fsp3) is 0.727. The van der Waals surface area contributed by atoms with E-state index >= 15 is 0 Å². The average Bonchev–Trinajstić information content (AvgIpc) is 2.26. The van der Waals surface area contributed by atoms with E-state index in [9.17, 15) is 9.59 Å². The largest absolute Gasteiger partial charge is 0.339 e. The van der Waals surface area contributed by atoms with Crippen LogP contribution in [0.5, 0.6) is 0 Å². The molecule has 0 aliphatic heterocycles. The van der Waals surface area contributed by atoms with Crippen molar-refractivity contribution in [2.75, 3.05) is 6.54 Å². The van der Waals surface area contributed by atoms with Crippen molar-refractivity contribution in [2.45, 2.75) is 43.6 Å². The number of aromatic amines is 1. The Kier molecular flexibility index (Phi) is 5.61. The van der Waals surface area contributed by atoms with Crippen molar-refractivity contribution in [1.82, 2.24) is 20.1 Å². The van der Waals surface area contributed by atoms with Crippen molar-refractivity contribution in [3.8, 4) is 0 Å². The SMILES string of the molecule is CCNC(C)CC(C)Sc1nc(=O)c(=O)[nH]n1C. The number of nitrogens with zero attached hydrogens (tertiary/aromatic N) is 2. The molecule has 0 aromatic carbocycles. The van der Waals surface area contributed by atoms with E-state index in [4.69, 9.17) is 0 Å². The third kappa shape index (κ3) is 4.30. The summed E-state index contributed by atoms with van der Waals surface area (Å²) < 4.78 is 1.49. The lowest BCUT2D eigenvalue weighted by Gasteiger charge is -2.17. The van der Waals surface area contributed by atoms with Gasteiger partial charge >= 0.3 is 11.1 Å². The highest BCUT2D eigenvalue weighted by Gasteiger charge is 2.12. The highest BCUT2D eigenvalue weighted by molar-refractivity contribution is 7.99. The predicted molar refractivity (Wildman–Crippen MR) is 73.2 cm³/mol. The van der Waals surface area contributed by atoms with Crippen molar-refractivity contribution >= 4 is 11.8 Å². The predicted octanol–water partition coefficient (Wildman–Crippen LogP) is 0.337. The van der Waals surface area contributed by atoms with Crippen LogP contribution < -0.4 is 16.4 Å². The average molecular weight is 272 g/mol. The van der Waals surface area contributed by atoms with Crippen molar-refractivity contribution in [3.63, 3.8) is 0 Å². The molecule has 102 valence electrons.